The third-order valence-corrected chi connectivity index (χ3v) is 5.27. The van der Waals surface area contributed by atoms with Crippen LogP contribution in [0.2, 0.25) is 0 Å². The Kier molecular flexibility index (Phi) is 5.46. The molecule has 3 aromatic rings. The van der Waals surface area contributed by atoms with Crippen LogP contribution in [0.15, 0.2) is 59.1 Å². The minimum atomic E-state index is -0.104. The molecular formula is C22H24N4O3. The monoisotopic (exact) mass is 392 g/mol. The molecule has 1 aromatic heterocycles. The number of hydrogen-bond acceptors (Lipinski definition) is 5. The summed E-state index contributed by atoms with van der Waals surface area (Å²) in [6, 6.07) is 17.7. The summed E-state index contributed by atoms with van der Waals surface area (Å²) < 4.78 is 10.7. The Morgan fingerprint density at radius 2 is 1.97 bits per heavy atom. The van der Waals surface area contributed by atoms with Gasteiger partial charge in [0.25, 0.3) is 0 Å². The van der Waals surface area contributed by atoms with Crippen LogP contribution in [0, 0.1) is 6.92 Å². The zero-order valence-corrected chi connectivity index (χ0v) is 16.5. The molecule has 2 aromatic carbocycles. The molecular weight excluding hydrogens is 368 g/mol. The van der Waals surface area contributed by atoms with E-state index in [1.54, 1.807) is 14.0 Å². The highest BCUT2D eigenvalue weighted by Crippen LogP contribution is 2.38. The molecule has 1 N–H and O–H groups in total. The van der Waals surface area contributed by atoms with Gasteiger partial charge in [-0.1, -0.05) is 47.6 Å². The lowest BCUT2D eigenvalue weighted by Gasteiger charge is -2.17. The van der Waals surface area contributed by atoms with Gasteiger partial charge in [-0.05, 0) is 30.2 Å². The van der Waals surface area contributed by atoms with Crippen LogP contribution in [0.5, 0.6) is 5.75 Å². The molecule has 7 nitrogen and oxygen atoms in total. The van der Waals surface area contributed by atoms with E-state index in [0.717, 1.165) is 16.9 Å². The minimum Gasteiger partial charge on any atom is -0.497 e. The third kappa shape index (κ3) is 4.23. The number of hydrogen-bond donors (Lipinski definition) is 1. The smallest absolute Gasteiger partial charge is 0.317 e. The number of carbonyl (C=O) groups excluding carboxylic acids is 1. The Hall–Kier alpha value is -3.35. The highest BCUT2D eigenvalue weighted by Gasteiger charge is 2.40. The normalized spacial score (nSPS) is 18.6. The maximum absolute atomic E-state index is 12.8. The lowest BCUT2D eigenvalue weighted by atomic mass is 9.89. The summed E-state index contributed by atoms with van der Waals surface area (Å²) in [5.74, 6) is 2.04. The summed E-state index contributed by atoms with van der Waals surface area (Å²) in [6.07, 6.45) is 0. The molecule has 1 aliphatic rings. The first kappa shape index (κ1) is 19.0. The van der Waals surface area contributed by atoms with Gasteiger partial charge in [0.2, 0.25) is 5.89 Å². The van der Waals surface area contributed by atoms with Crippen LogP contribution >= 0.6 is 0 Å². The van der Waals surface area contributed by atoms with E-state index < -0.39 is 0 Å². The van der Waals surface area contributed by atoms with Gasteiger partial charge in [0.1, 0.15) is 5.75 Å². The number of methoxy groups -OCH3 is 1. The maximum Gasteiger partial charge on any atom is 0.317 e. The Morgan fingerprint density at radius 3 is 2.69 bits per heavy atom. The van der Waals surface area contributed by atoms with Crippen LogP contribution in [-0.2, 0) is 6.54 Å². The van der Waals surface area contributed by atoms with E-state index >= 15 is 0 Å². The van der Waals surface area contributed by atoms with E-state index in [1.807, 2.05) is 47.4 Å². The lowest BCUT2D eigenvalue weighted by Crippen LogP contribution is -2.38. The second kappa shape index (κ2) is 8.34. The molecule has 0 radical (unpaired) electrons. The number of aryl methyl sites for hydroxylation is 1. The molecule has 0 aliphatic carbocycles. The Bertz CT molecular complexity index is 973. The van der Waals surface area contributed by atoms with Crippen molar-refractivity contribution in [1.82, 2.24) is 20.4 Å². The predicted octanol–water partition coefficient (Wildman–Crippen LogP) is 3.48. The summed E-state index contributed by atoms with van der Waals surface area (Å²) in [5, 5.41) is 6.94. The molecule has 2 unspecified atom stereocenters. The van der Waals surface area contributed by atoms with Gasteiger partial charge in [-0.15, -0.1) is 0 Å². The number of ether oxygens (including phenoxy) is 1. The number of nitrogens with zero attached hydrogens (tertiary/aromatic N) is 3. The van der Waals surface area contributed by atoms with E-state index in [1.165, 1.54) is 0 Å². The second-order valence-electron chi connectivity index (χ2n) is 7.22. The van der Waals surface area contributed by atoms with Gasteiger partial charge >= 0.3 is 6.03 Å². The highest BCUT2D eigenvalue weighted by atomic mass is 16.5. The van der Waals surface area contributed by atoms with Crippen molar-refractivity contribution in [2.45, 2.75) is 25.3 Å². The first-order valence-electron chi connectivity index (χ1n) is 9.65. The van der Waals surface area contributed by atoms with Crippen LogP contribution < -0.4 is 10.1 Å². The molecule has 2 amide bonds. The molecule has 29 heavy (non-hydrogen) atoms. The van der Waals surface area contributed by atoms with Gasteiger partial charge in [0.05, 0.1) is 13.0 Å². The van der Waals surface area contributed by atoms with Crippen molar-refractivity contribution in [2.75, 3.05) is 20.2 Å². The summed E-state index contributed by atoms with van der Waals surface area (Å²) in [7, 11) is 1.63. The van der Waals surface area contributed by atoms with Crippen molar-refractivity contribution >= 4 is 6.03 Å². The van der Waals surface area contributed by atoms with Crippen molar-refractivity contribution in [1.29, 1.82) is 0 Å². The molecule has 7 heteroatoms. The predicted molar refractivity (Wildman–Crippen MR) is 108 cm³/mol. The summed E-state index contributed by atoms with van der Waals surface area (Å²) >= 11 is 0. The van der Waals surface area contributed by atoms with Crippen LogP contribution in [0.1, 0.15) is 34.7 Å². The van der Waals surface area contributed by atoms with Gasteiger partial charge in [0.15, 0.2) is 5.82 Å². The molecule has 2 atom stereocenters. The SMILES string of the molecule is COc1cccc(CNC(=O)N2CC(c3ccccc3)C(c3nc(C)no3)C2)c1. The van der Waals surface area contributed by atoms with Crippen LogP contribution in [0.25, 0.3) is 0 Å². The van der Waals surface area contributed by atoms with E-state index in [4.69, 9.17) is 9.26 Å². The maximum atomic E-state index is 12.8. The largest absolute Gasteiger partial charge is 0.497 e. The molecule has 2 heterocycles. The first-order valence-corrected chi connectivity index (χ1v) is 9.65. The van der Waals surface area contributed by atoms with Crippen molar-refractivity contribution in [3.8, 4) is 5.75 Å². The fraction of sp³-hybridized carbons (Fsp3) is 0.318. The van der Waals surface area contributed by atoms with Crippen LogP contribution in [0.3, 0.4) is 0 Å². The average Bonchev–Trinajstić information content (AvgIpc) is 3.39. The number of nitrogens with one attached hydrogen (secondary N) is 1. The highest BCUT2D eigenvalue weighted by molar-refractivity contribution is 5.75. The molecule has 0 bridgehead atoms. The second-order valence-corrected chi connectivity index (χ2v) is 7.22. The fourth-order valence-corrected chi connectivity index (χ4v) is 3.79. The van der Waals surface area contributed by atoms with Gasteiger partial charge in [-0.3, -0.25) is 0 Å². The van der Waals surface area contributed by atoms with Gasteiger partial charge < -0.3 is 19.5 Å². The Morgan fingerprint density at radius 1 is 1.17 bits per heavy atom. The first-order chi connectivity index (χ1) is 14.1. The fourth-order valence-electron chi connectivity index (χ4n) is 3.79. The lowest BCUT2D eigenvalue weighted by molar-refractivity contribution is 0.206. The molecule has 0 saturated carbocycles. The van der Waals surface area contributed by atoms with Gasteiger partial charge in [0, 0.05) is 25.6 Å². The zero-order chi connectivity index (χ0) is 20.2. The standard InChI is InChI=1S/C22H24N4O3/c1-15-24-21(29-25-15)20-14-26(13-19(20)17-8-4-3-5-9-17)22(27)23-12-16-7-6-10-18(11-16)28-2/h3-11,19-20H,12-14H2,1-2H3,(H,23,27). The van der Waals surface area contributed by atoms with Crippen molar-refractivity contribution in [3.63, 3.8) is 0 Å². The Balaban J connectivity index is 1.48. The van der Waals surface area contributed by atoms with Gasteiger partial charge in [-0.2, -0.15) is 4.98 Å². The molecule has 1 saturated heterocycles. The number of amides is 2. The quantitative estimate of drug-likeness (QED) is 0.719. The Labute approximate surface area is 169 Å². The van der Waals surface area contributed by atoms with Crippen molar-refractivity contribution < 1.29 is 14.1 Å². The van der Waals surface area contributed by atoms with E-state index in [0.29, 0.717) is 31.3 Å². The van der Waals surface area contributed by atoms with Crippen LogP contribution in [-0.4, -0.2) is 41.3 Å². The van der Waals surface area contributed by atoms with E-state index in [9.17, 15) is 4.79 Å². The number of aromatic nitrogens is 2. The van der Waals surface area contributed by atoms with E-state index in [2.05, 4.69) is 27.6 Å². The molecule has 1 aliphatic heterocycles. The number of likely N-dealkylation sites (tertiary alicyclic amines) is 1. The van der Waals surface area contributed by atoms with Crippen molar-refractivity contribution in [3.05, 3.63) is 77.4 Å². The van der Waals surface area contributed by atoms with E-state index in [-0.39, 0.29) is 17.9 Å². The van der Waals surface area contributed by atoms with Crippen molar-refractivity contribution in [2.24, 2.45) is 0 Å². The number of carbonyl (C=O) groups is 1. The van der Waals surface area contributed by atoms with Crippen LogP contribution in [0.4, 0.5) is 4.79 Å². The molecule has 4 rings (SSSR count). The van der Waals surface area contributed by atoms with Gasteiger partial charge in [-0.25, -0.2) is 4.79 Å². The molecule has 1 fully saturated rings. The number of urea groups is 1. The molecule has 0 spiro atoms. The third-order valence-electron chi connectivity index (χ3n) is 5.27. The number of rotatable bonds is 5. The summed E-state index contributed by atoms with van der Waals surface area (Å²) in [4.78, 5) is 19.1. The molecule has 150 valence electrons. The summed E-state index contributed by atoms with van der Waals surface area (Å²) in [6.45, 7) is 3.37. The zero-order valence-electron chi connectivity index (χ0n) is 16.5. The minimum absolute atomic E-state index is 0.0267. The number of benzene rings is 2. The average molecular weight is 392 g/mol. The summed E-state index contributed by atoms with van der Waals surface area (Å²) in [5.41, 5.74) is 2.15. The topological polar surface area (TPSA) is 80.5 Å².